The van der Waals surface area contributed by atoms with Gasteiger partial charge in [-0.3, -0.25) is 4.79 Å². The van der Waals surface area contributed by atoms with Crippen LogP contribution in [0.5, 0.6) is 0 Å². The van der Waals surface area contributed by atoms with E-state index in [2.05, 4.69) is 29.3 Å². The summed E-state index contributed by atoms with van der Waals surface area (Å²) < 4.78 is 13.1. The number of carbonyl (C=O) groups is 1. The third kappa shape index (κ3) is 3.59. The van der Waals surface area contributed by atoms with E-state index >= 15 is 0 Å². The molecule has 0 spiro atoms. The van der Waals surface area contributed by atoms with Gasteiger partial charge < -0.3 is 10.2 Å². The van der Waals surface area contributed by atoms with Crippen molar-refractivity contribution in [2.75, 3.05) is 16.8 Å². The number of nitrogens with one attached hydrogen (secondary N) is 1. The minimum absolute atomic E-state index is 0.122. The molecule has 4 rings (SSSR count). The summed E-state index contributed by atoms with van der Waals surface area (Å²) in [5.41, 5.74) is 5.88. The van der Waals surface area contributed by atoms with Gasteiger partial charge in [0.25, 0.3) is 0 Å². The predicted octanol–water partition coefficient (Wildman–Crippen LogP) is 4.83. The Kier molecular flexibility index (Phi) is 4.22. The first-order valence-corrected chi connectivity index (χ1v) is 9.35. The second kappa shape index (κ2) is 6.42. The molecule has 1 aliphatic heterocycles. The Morgan fingerprint density at radius 2 is 1.92 bits per heavy atom. The van der Waals surface area contributed by atoms with E-state index in [-0.39, 0.29) is 17.1 Å². The quantitative estimate of drug-likeness (QED) is 0.855. The minimum atomic E-state index is -0.206. The molecular weight excluding hydrogens is 327 g/mol. The zero-order chi connectivity index (χ0) is 18.3. The van der Waals surface area contributed by atoms with E-state index in [9.17, 15) is 9.18 Å². The summed E-state index contributed by atoms with van der Waals surface area (Å²) in [6.07, 6.45) is 3.85. The van der Waals surface area contributed by atoms with Gasteiger partial charge in [-0.1, -0.05) is 13.0 Å². The second-order valence-electron chi connectivity index (χ2n) is 8.12. The lowest BCUT2D eigenvalue weighted by atomic mass is 9.95. The van der Waals surface area contributed by atoms with Crippen LogP contribution in [0.3, 0.4) is 0 Å². The fourth-order valence-corrected chi connectivity index (χ4v) is 3.71. The number of amides is 1. The molecule has 4 heteroatoms. The van der Waals surface area contributed by atoms with Crippen molar-refractivity contribution in [1.29, 1.82) is 0 Å². The maximum Gasteiger partial charge on any atom is 0.224 e. The van der Waals surface area contributed by atoms with Gasteiger partial charge in [0.15, 0.2) is 0 Å². The second-order valence-corrected chi connectivity index (χ2v) is 8.12. The van der Waals surface area contributed by atoms with Gasteiger partial charge in [-0.05, 0) is 78.6 Å². The SMILES string of the molecule is Cc1cc2c(cc1NC(=O)CC1(C)CC1)CCN(c1ccc(F)cc1)C2. The fourth-order valence-electron chi connectivity index (χ4n) is 3.71. The molecule has 1 amide bonds. The molecule has 2 aliphatic rings. The Hall–Kier alpha value is -2.36. The van der Waals surface area contributed by atoms with Gasteiger partial charge in [-0.25, -0.2) is 4.39 Å². The monoisotopic (exact) mass is 352 g/mol. The average Bonchev–Trinajstić information content (AvgIpc) is 3.32. The zero-order valence-electron chi connectivity index (χ0n) is 15.4. The van der Waals surface area contributed by atoms with Crippen LogP contribution in [0.15, 0.2) is 36.4 Å². The van der Waals surface area contributed by atoms with Crippen molar-refractivity contribution >= 4 is 17.3 Å². The van der Waals surface area contributed by atoms with Crippen LogP contribution in [-0.2, 0) is 17.8 Å². The van der Waals surface area contributed by atoms with Crippen molar-refractivity contribution in [3.05, 3.63) is 58.9 Å². The Bertz CT molecular complexity index is 840. The van der Waals surface area contributed by atoms with Crippen LogP contribution in [0.2, 0.25) is 0 Å². The summed E-state index contributed by atoms with van der Waals surface area (Å²) in [5, 5.41) is 3.11. The summed E-state index contributed by atoms with van der Waals surface area (Å²) >= 11 is 0. The maximum absolute atomic E-state index is 13.1. The number of nitrogens with zero attached hydrogens (tertiary/aromatic N) is 1. The van der Waals surface area contributed by atoms with Crippen LogP contribution in [0.4, 0.5) is 15.8 Å². The highest BCUT2D eigenvalue weighted by molar-refractivity contribution is 5.92. The van der Waals surface area contributed by atoms with Gasteiger partial charge in [0.2, 0.25) is 5.91 Å². The Labute approximate surface area is 154 Å². The molecule has 2 aromatic carbocycles. The van der Waals surface area contributed by atoms with Crippen molar-refractivity contribution in [2.24, 2.45) is 5.41 Å². The van der Waals surface area contributed by atoms with Crippen LogP contribution in [0.1, 0.15) is 42.9 Å². The Morgan fingerprint density at radius 3 is 2.62 bits per heavy atom. The molecule has 1 fully saturated rings. The highest BCUT2D eigenvalue weighted by atomic mass is 19.1. The van der Waals surface area contributed by atoms with E-state index in [0.29, 0.717) is 6.42 Å². The standard InChI is InChI=1S/C22H25FN2O/c1-15-11-17-14-25(19-5-3-18(23)4-6-19)10-7-16(17)12-20(15)24-21(26)13-22(2)8-9-22/h3-6,11-12H,7-10,13-14H2,1-2H3,(H,24,26). The molecule has 0 atom stereocenters. The smallest absolute Gasteiger partial charge is 0.224 e. The molecule has 2 aromatic rings. The van der Waals surface area contributed by atoms with E-state index in [1.54, 1.807) is 0 Å². The molecule has 3 nitrogen and oxygen atoms in total. The maximum atomic E-state index is 13.1. The fraction of sp³-hybridized carbons (Fsp3) is 0.409. The molecule has 136 valence electrons. The topological polar surface area (TPSA) is 32.3 Å². The van der Waals surface area contributed by atoms with Crippen LogP contribution < -0.4 is 10.2 Å². The number of halogens is 1. The van der Waals surface area contributed by atoms with Crippen LogP contribution in [0.25, 0.3) is 0 Å². The number of hydrogen-bond acceptors (Lipinski definition) is 2. The predicted molar refractivity (Wildman–Crippen MR) is 103 cm³/mol. The van der Waals surface area contributed by atoms with E-state index in [4.69, 9.17) is 0 Å². The normalized spacial score (nSPS) is 17.6. The van der Waals surface area contributed by atoms with Gasteiger partial charge in [0.1, 0.15) is 5.82 Å². The van der Waals surface area contributed by atoms with E-state index in [1.165, 1.54) is 23.3 Å². The van der Waals surface area contributed by atoms with Crippen LogP contribution in [0, 0.1) is 18.2 Å². The molecule has 1 heterocycles. The number of aryl methyl sites for hydroxylation is 1. The van der Waals surface area contributed by atoms with E-state index in [0.717, 1.165) is 49.3 Å². The molecule has 1 saturated carbocycles. The molecule has 26 heavy (non-hydrogen) atoms. The van der Waals surface area contributed by atoms with Crippen molar-refractivity contribution in [2.45, 2.75) is 46.1 Å². The van der Waals surface area contributed by atoms with Gasteiger partial charge in [-0.15, -0.1) is 0 Å². The summed E-state index contributed by atoms with van der Waals surface area (Å²) in [6, 6.07) is 11.0. The Morgan fingerprint density at radius 1 is 1.19 bits per heavy atom. The lowest BCUT2D eigenvalue weighted by Crippen LogP contribution is -2.30. The molecule has 0 saturated heterocycles. The number of rotatable bonds is 4. The van der Waals surface area contributed by atoms with Crippen LogP contribution >= 0.6 is 0 Å². The Balaban J connectivity index is 1.49. The average molecular weight is 352 g/mol. The summed E-state index contributed by atoms with van der Waals surface area (Å²) in [6.45, 7) is 5.93. The molecule has 0 aromatic heterocycles. The molecule has 1 N–H and O–H groups in total. The van der Waals surface area contributed by atoms with Gasteiger partial charge in [0, 0.05) is 30.9 Å². The van der Waals surface area contributed by atoms with Crippen molar-refractivity contribution in [1.82, 2.24) is 0 Å². The molecule has 0 radical (unpaired) electrons. The third-order valence-corrected chi connectivity index (χ3v) is 5.72. The van der Waals surface area contributed by atoms with E-state index in [1.807, 2.05) is 19.1 Å². The number of hydrogen-bond donors (Lipinski definition) is 1. The van der Waals surface area contributed by atoms with Gasteiger partial charge in [0.05, 0.1) is 0 Å². The van der Waals surface area contributed by atoms with Crippen molar-refractivity contribution in [3.8, 4) is 0 Å². The third-order valence-electron chi connectivity index (χ3n) is 5.72. The lowest BCUT2D eigenvalue weighted by Gasteiger charge is -2.31. The largest absolute Gasteiger partial charge is 0.367 e. The molecule has 1 aliphatic carbocycles. The number of carbonyl (C=O) groups excluding carboxylic acids is 1. The number of anilines is 2. The van der Waals surface area contributed by atoms with Crippen molar-refractivity contribution < 1.29 is 9.18 Å². The van der Waals surface area contributed by atoms with E-state index < -0.39 is 0 Å². The van der Waals surface area contributed by atoms with Crippen LogP contribution in [-0.4, -0.2) is 12.5 Å². The van der Waals surface area contributed by atoms with Gasteiger partial charge >= 0.3 is 0 Å². The highest BCUT2D eigenvalue weighted by Crippen LogP contribution is 2.48. The summed E-state index contributed by atoms with van der Waals surface area (Å²) in [5.74, 6) is -0.0840. The first kappa shape index (κ1) is 17.1. The summed E-state index contributed by atoms with van der Waals surface area (Å²) in [4.78, 5) is 14.6. The molecular formula is C22H25FN2O. The summed E-state index contributed by atoms with van der Waals surface area (Å²) in [7, 11) is 0. The number of benzene rings is 2. The molecule has 0 unspecified atom stereocenters. The van der Waals surface area contributed by atoms with Gasteiger partial charge in [-0.2, -0.15) is 0 Å². The first-order chi connectivity index (χ1) is 12.4. The molecule has 0 bridgehead atoms. The first-order valence-electron chi connectivity index (χ1n) is 9.35. The highest BCUT2D eigenvalue weighted by Gasteiger charge is 2.39. The minimum Gasteiger partial charge on any atom is -0.367 e. The van der Waals surface area contributed by atoms with Crippen molar-refractivity contribution in [3.63, 3.8) is 0 Å². The lowest BCUT2D eigenvalue weighted by molar-refractivity contribution is -0.117. The number of fused-ring (bicyclic) bond motifs is 1. The zero-order valence-corrected chi connectivity index (χ0v) is 15.4.